The summed E-state index contributed by atoms with van der Waals surface area (Å²) in [5.74, 6) is 0.474. The number of amides is 1. The van der Waals surface area contributed by atoms with Crippen molar-refractivity contribution in [1.82, 2.24) is 9.80 Å². The van der Waals surface area contributed by atoms with Crippen LogP contribution in [0.1, 0.15) is 10.4 Å². The number of para-hydroxylation sites is 2. The van der Waals surface area contributed by atoms with E-state index < -0.39 is 0 Å². The van der Waals surface area contributed by atoms with E-state index in [2.05, 4.69) is 22.2 Å². The number of likely N-dealkylation sites (N-methyl/N-ethyl adjacent to an activating group) is 1. The number of nitrogens with one attached hydrogen (secondary N) is 1. The zero-order valence-corrected chi connectivity index (χ0v) is 13.9. The number of carbonyl (C=O) groups excluding carboxylic acids is 1. The number of nitrogens with zero attached hydrogens (tertiary/aromatic N) is 2. The summed E-state index contributed by atoms with van der Waals surface area (Å²) in [5, 5.41) is 2.86. The van der Waals surface area contributed by atoms with Crippen LogP contribution in [0, 0.1) is 0 Å². The van der Waals surface area contributed by atoms with Crippen molar-refractivity contribution in [3.8, 4) is 5.75 Å². The van der Waals surface area contributed by atoms with Crippen molar-refractivity contribution in [1.29, 1.82) is 0 Å². The summed E-state index contributed by atoms with van der Waals surface area (Å²) < 4.78 is 10.8. The van der Waals surface area contributed by atoms with E-state index in [4.69, 9.17) is 9.15 Å². The van der Waals surface area contributed by atoms with Gasteiger partial charge < -0.3 is 19.4 Å². The number of hydrogen-bond donors (Lipinski definition) is 1. The Morgan fingerprint density at radius 1 is 1.21 bits per heavy atom. The first-order chi connectivity index (χ1) is 11.7. The molecule has 1 aliphatic rings. The second-order valence-electron chi connectivity index (χ2n) is 5.96. The summed E-state index contributed by atoms with van der Waals surface area (Å²) in [6.45, 7) is 5.81. The summed E-state index contributed by atoms with van der Waals surface area (Å²) in [6, 6.07) is 9.11. The zero-order valence-electron chi connectivity index (χ0n) is 13.9. The van der Waals surface area contributed by atoms with Crippen LogP contribution in [-0.4, -0.2) is 62.1 Å². The number of hydrogen-bond acceptors (Lipinski definition) is 5. The van der Waals surface area contributed by atoms with Crippen LogP contribution in [0.5, 0.6) is 5.75 Å². The molecule has 6 nitrogen and oxygen atoms in total. The topological polar surface area (TPSA) is 58.0 Å². The molecular formula is C18H23N3O3. The Morgan fingerprint density at radius 2 is 2.00 bits per heavy atom. The molecule has 1 amide bonds. The second-order valence-corrected chi connectivity index (χ2v) is 5.96. The van der Waals surface area contributed by atoms with Gasteiger partial charge in [-0.15, -0.1) is 0 Å². The maximum absolute atomic E-state index is 12.1. The van der Waals surface area contributed by atoms with E-state index in [1.165, 1.54) is 12.5 Å². The molecule has 0 atom stereocenters. The molecule has 1 N–H and O–H groups in total. The van der Waals surface area contributed by atoms with E-state index >= 15 is 0 Å². The Hall–Kier alpha value is -2.31. The normalized spacial score (nSPS) is 16.0. The van der Waals surface area contributed by atoms with Gasteiger partial charge in [0.1, 0.15) is 18.6 Å². The fraction of sp³-hybridized carbons (Fsp3) is 0.389. The maximum atomic E-state index is 12.1. The van der Waals surface area contributed by atoms with Gasteiger partial charge in [0.15, 0.2) is 0 Å². The minimum atomic E-state index is -0.209. The predicted molar refractivity (Wildman–Crippen MR) is 92.5 cm³/mol. The Labute approximate surface area is 142 Å². The number of anilines is 1. The third-order valence-electron chi connectivity index (χ3n) is 4.18. The van der Waals surface area contributed by atoms with Gasteiger partial charge in [-0.05, 0) is 25.2 Å². The van der Waals surface area contributed by atoms with E-state index in [0.717, 1.165) is 32.7 Å². The van der Waals surface area contributed by atoms with Gasteiger partial charge in [0.05, 0.1) is 17.5 Å². The predicted octanol–water partition coefficient (Wildman–Crippen LogP) is 2.16. The first-order valence-corrected chi connectivity index (χ1v) is 8.18. The van der Waals surface area contributed by atoms with E-state index in [0.29, 0.717) is 23.6 Å². The van der Waals surface area contributed by atoms with Crippen molar-refractivity contribution in [2.75, 3.05) is 51.7 Å². The minimum absolute atomic E-state index is 0.209. The molecule has 2 heterocycles. The molecule has 0 saturated carbocycles. The molecule has 128 valence electrons. The molecule has 3 rings (SSSR count). The Morgan fingerprint density at radius 3 is 2.75 bits per heavy atom. The second kappa shape index (κ2) is 7.99. The van der Waals surface area contributed by atoms with Crippen molar-refractivity contribution in [2.45, 2.75) is 0 Å². The summed E-state index contributed by atoms with van der Waals surface area (Å²) in [7, 11) is 2.15. The lowest BCUT2D eigenvalue weighted by Crippen LogP contribution is -2.45. The third kappa shape index (κ3) is 4.37. The highest BCUT2D eigenvalue weighted by atomic mass is 16.5. The van der Waals surface area contributed by atoms with Crippen LogP contribution in [0.15, 0.2) is 47.3 Å². The lowest BCUT2D eigenvalue weighted by atomic mass is 10.2. The van der Waals surface area contributed by atoms with Gasteiger partial charge >= 0.3 is 0 Å². The lowest BCUT2D eigenvalue weighted by Gasteiger charge is -2.32. The van der Waals surface area contributed by atoms with Gasteiger partial charge in [0, 0.05) is 32.7 Å². The maximum Gasteiger partial charge on any atom is 0.259 e. The highest BCUT2D eigenvalue weighted by Crippen LogP contribution is 2.24. The van der Waals surface area contributed by atoms with Crippen molar-refractivity contribution < 1.29 is 13.9 Å². The molecule has 24 heavy (non-hydrogen) atoms. The van der Waals surface area contributed by atoms with Crippen LogP contribution >= 0.6 is 0 Å². The van der Waals surface area contributed by atoms with Crippen molar-refractivity contribution >= 4 is 11.6 Å². The largest absolute Gasteiger partial charge is 0.490 e. The van der Waals surface area contributed by atoms with E-state index in [9.17, 15) is 4.79 Å². The molecule has 1 saturated heterocycles. The molecule has 1 fully saturated rings. The van der Waals surface area contributed by atoms with Gasteiger partial charge in [-0.1, -0.05) is 12.1 Å². The van der Waals surface area contributed by atoms with Crippen LogP contribution in [0.25, 0.3) is 0 Å². The van der Waals surface area contributed by atoms with E-state index in [-0.39, 0.29) is 5.91 Å². The summed E-state index contributed by atoms with van der Waals surface area (Å²) in [5.41, 5.74) is 1.16. The lowest BCUT2D eigenvalue weighted by molar-refractivity contribution is 0.102. The van der Waals surface area contributed by atoms with Crippen molar-refractivity contribution in [3.05, 3.63) is 48.4 Å². The number of benzene rings is 1. The molecule has 0 unspecified atom stereocenters. The molecule has 0 bridgehead atoms. The molecule has 0 radical (unpaired) electrons. The summed E-state index contributed by atoms with van der Waals surface area (Å²) in [4.78, 5) is 16.9. The van der Waals surface area contributed by atoms with Crippen LogP contribution in [0.2, 0.25) is 0 Å². The molecular weight excluding hydrogens is 306 g/mol. The summed E-state index contributed by atoms with van der Waals surface area (Å²) in [6.07, 6.45) is 2.90. The molecule has 1 aromatic carbocycles. The standard InChI is InChI=1S/C18H23N3O3/c1-20-7-9-21(10-8-20)11-13-24-17-5-3-2-4-16(17)19-18(22)15-6-12-23-14-15/h2-6,12,14H,7-11,13H2,1H3,(H,19,22). The molecule has 1 aliphatic heterocycles. The van der Waals surface area contributed by atoms with Crippen LogP contribution < -0.4 is 10.1 Å². The zero-order chi connectivity index (χ0) is 16.8. The first-order valence-electron chi connectivity index (χ1n) is 8.18. The number of piperazine rings is 1. The molecule has 0 spiro atoms. The van der Waals surface area contributed by atoms with Crippen molar-refractivity contribution in [2.24, 2.45) is 0 Å². The van der Waals surface area contributed by atoms with E-state index in [1.807, 2.05) is 24.3 Å². The number of carbonyl (C=O) groups is 1. The van der Waals surface area contributed by atoms with E-state index in [1.54, 1.807) is 6.07 Å². The molecule has 6 heteroatoms. The van der Waals surface area contributed by atoms with Gasteiger partial charge in [-0.25, -0.2) is 0 Å². The fourth-order valence-electron chi connectivity index (χ4n) is 2.64. The Kier molecular flexibility index (Phi) is 5.51. The number of ether oxygens (including phenoxy) is 1. The summed E-state index contributed by atoms with van der Waals surface area (Å²) >= 11 is 0. The molecule has 1 aromatic heterocycles. The molecule has 0 aliphatic carbocycles. The SMILES string of the molecule is CN1CCN(CCOc2ccccc2NC(=O)c2ccoc2)CC1. The monoisotopic (exact) mass is 329 g/mol. The number of furan rings is 1. The number of rotatable bonds is 6. The van der Waals surface area contributed by atoms with Gasteiger partial charge in [0.2, 0.25) is 0 Å². The van der Waals surface area contributed by atoms with Crippen LogP contribution in [0.4, 0.5) is 5.69 Å². The Balaban J connectivity index is 1.53. The van der Waals surface area contributed by atoms with Gasteiger partial charge in [-0.3, -0.25) is 9.69 Å². The first kappa shape index (κ1) is 16.5. The Bertz CT molecular complexity index is 649. The average Bonchev–Trinajstić information content (AvgIpc) is 3.13. The highest BCUT2D eigenvalue weighted by molar-refractivity contribution is 6.04. The quantitative estimate of drug-likeness (QED) is 0.880. The van der Waals surface area contributed by atoms with Crippen LogP contribution in [0.3, 0.4) is 0 Å². The van der Waals surface area contributed by atoms with Crippen LogP contribution in [-0.2, 0) is 0 Å². The molecule has 2 aromatic rings. The fourth-order valence-corrected chi connectivity index (χ4v) is 2.64. The minimum Gasteiger partial charge on any atom is -0.490 e. The van der Waals surface area contributed by atoms with Crippen molar-refractivity contribution in [3.63, 3.8) is 0 Å². The van der Waals surface area contributed by atoms with Gasteiger partial charge in [0.25, 0.3) is 5.91 Å². The average molecular weight is 329 g/mol. The smallest absolute Gasteiger partial charge is 0.259 e. The third-order valence-corrected chi connectivity index (χ3v) is 4.18. The van der Waals surface area contributed by atoms with Gasteiger partial charge in [-0.2, -0.15) is 0 Å². The highest BCUT2D eigenvalue weighted by Gasteiger charge is 2.14.